The molecule has 19 heavy (non-hydrogen) atoms. The van der Waals surface area contributed by atoms with Gasteiger partial charge in [0.25, 0.3) is 4.82 Å². The molecule has 5 heteroatoms. The summed E-state index contributed by atoms with van der Waals surface area (Å²) in [6, 6.07) is 6.07. The predicted molar refractivity (Wildman–Crippen MR) is 78.7 cm³/mol. The Bertz CT molecular complexity index is 526. The van der Waals surface area contributed by atoms with Crippen LogP contribution < -0.4 is 10.6 Å². The standard InChI is InChI=1S/C14H17BrN2O2/c1-14(2,8-16-13(15)19)10-4-5-11-9(7-10)3-6-12(18)17-11/h4-5,7H,3,6,8H2,1-2H3,(H,16,19)(H,17,18). The second kappa shape index (κ2) is 5.33. The Balaban J connectivity index is 2.21. The van der Waals surface area contributed by atoms with Gasteiger partial charge in [0.2, 0.25) is 5.91 Å². The molecule has 0 saturated carbocycles. The van der Waals surface area contributed by atoms with Crippen LogP contribution in [0.5, 0.6) is 0 Å². The van der Waals surface area contributed by atoms with Gasteiger partial charge in [0.05, 0.1) is 0 Å². The lowest BCUT2D eigenvalue weighted by Crippen LogP contribution is -2.34. The van der Waals surface area contributed by atoms with E-state index in [1.807, 2.05) is 12.1 Å². The Morgan fingerprint density at radius 2 is 2.16 bits per heavy atom. The fourth-order valence-corrected chi connectivity index (χ4v) is 2.34. The van der Waals surface area contributed by atoms with Gasteiger partial charge < -0.3 is 10.6 Å². The van der Waals surface area contributed by atoms with Crippen molar-refractivity contribution in [2.75, 3.05) is 11.9 Å². The Morgan fingerprint density at radius 3 is 2.84 bits per heavy atom. The molecule has 0 saturated heterocycles. The van der Waals surface area contributed by atoms with Crippen LogP contribution in [0.25, 0.3) is 0 Å². The number of benzene rings is 1. The van der Waals surface area contributed by atoms with Crippen molar-refractivity contribution < 1.29 is 9.59 Å². The van der Waals surface area contributed by atoms with E-state index in [1.54, 1.807) is 0 Å². The molecule has 0 radical (unpaired) electrons. The van der Waals surface area contributed by atoms with Gasteiger partial charge in [0.1, 0.15) is 0 Å². The Labute approximate surface area is 121 Å². The number of rotatable bonds is 3. The molecule has 2 amide bonds. The van der Waals surface area contributed by atoms with Crippen LogP contribution >= 0.6 is 15.9 Å². The van der Waals surface area contributed by atoms with Crippen molar-refractivity contribution in [3.05, 3.63) is 29.3 Å². The number of carbonyl (C=O) groups is 2. The zero-order chi connectivity index (χ0) is 14.0. The van der Waals surface area contributed by atoms with Gasteiger partial charge >= 0.3 is 0 Å². The first-order chi connectivity index (χ1) is 8.88. The van der Waals surface area contributed by atoms with Crippen LogP contribution in [-0.2, 0) is 16.6 Å². The highest BCUT2D eigenvalue weighted by Gasteiger charge is 2.23. The third kappa shape index (κ3) is 3.35. The van der Waals surface area contributed by atoms with E-state index in [9.17, 15) is 9.59 Å². The largest absolute Gasteiger partial charge is 0.346 e. The number of hydrogen-bond donors (Lipinski definition) is 2. The zero-order valence-electron chi connectivity index (χ0n) is 11.0. The molecular weight excluding hydrogens is 308 g/mol. The summed E-state index contributed by atoms with van der Waals surface area (Å²) in [6.07, 6.45) is 1.31. The molecule has 2 N–H and O–H groups in total. The van der Waals surface area contributed by atoms with E-state index >= 15 is 0 Å². The van der Waals surface area contributed by atoms with Crippen molar-refractivity contribution in [1.29, 1.82) is 0 Å². The average molecular weight is 325 g/mol. The Kier molecular flexibility index (Phi) is 3.94. The van der Waals surface area contributed by atoms with Crippen molar-refractivity contribution in [2.45, 2.75) is 32.1 Å². The highest BCUT2D eigenvalue weighted by molar-refractivity contribution is 9.18. The highest BCUT2D eigenvalue weighted by atomic mass is 79.9. The van der Waals surface area contributed by atoms with Crippen LogP contribution in [0, 0.1) is 0 Å². The molecule has 1 heterocycles. The lowest BCUT2D eigenvalue weighted by Gasteiger charge is -2.27. The summed E-state index contributed by atoms with van der Waals surface area (Å²) in [5, 5.41) is 5.65. The maximum Gasteiger partial charge on any atom is 0.287 e. The molecule has 4 nitrogen and oxygen atoms in total. The van der Waals surface area contributed by atoms with Gasteiger partial charge in [-0.25, -0.2) is 0 Å². The summed E-state index contributed by atoms with van der Waals surface area (Å²) in [6.45, 7) is 4.72. The first-order valence-corrected chi connectivity index (χ1v) is 7.04. The monoisotopic (exact) mass is 324 g/mol. The van der Waals surface area contributed by atoms with Crippen LogP contribution in [0.2, 0.25) is 0 Å². The predicted octanol–water partition coefficient (Wildman–Crippen LogP) is 2.95. The van der Waals surface area contributed by atoms with Crippen LogP contribution in [0.1, 0.15) is 31.4 Å². The Hall–Kier alpha value is -1.36. The minimum atomic E-state index is -0.203. The topological polar surface area (TPSA) is 58.2 Å². The van der Waals surface area contributed by atoms with E-state index < -0.39 is 0 Å². The molecule has 0 spiro atoms. The molecule has 0 unspecified atom stereocenters. The van der Waals surface area contributed by atoms with Crippen molar-refractivity contribution in [2.24, 2.45) is 0 Å². The molecule has 0 aliphatic carbocycles. The Morgan fingerprint density at radius 1 is 1.42 bits per heavy atom. The van der Waals surface area contributed by atoms with Crippen molar-refractivity contribution in [1.82, 2.24) is 5.32 Å². The SMILES string of the molecule is CC(C)(CNC(=O)Br)c1ccc2c(c1)CCC(=O)N2. The van der Waals surface area contributed by atoms with Crippen molar-refractivity contribution in [3.63, 3.8) is 0 Å². The summed E-state index contributed by atoms with van der Waals surface area (Å²) in [4.78, 5) is 22.1. The summed E-state index contributed by atoms with van der Waals surface area (Å²) in [5.41, 5.74) is 3.07. The van der Waals surface area contributed by atoms with Gasteiger partial charge in [-0.15, -0.1) is 0 Å². The second-order valence-corrected chi connectivity index (χ2v) is 6.15. The smallest absolute Gasteiger partial charge is 0.287 e. The number of aryl methyl sites for hydroxylation is 1. The summed E-state index contributed by atoms with van der Waals surface area (Å²) in [5.74, 6) is 0.0751. The number of amides is 2. The molecule has 102 valence electrons. The molecule has 0 aromatic heterocycles. The number of carbonyl (C=O) groups excluding carboxylic acids is 2. The molecule has 2 rings (SSSR count). The van der Waals surface area contributed by atoms with E-state index in [0.717, 1.165) is 23.2 Å². The van der Waals surface area contributed by atoms with Crippen LogP contribution in [0.15, 0.2) is 18.2 Å². The molecule has 1 aromatic carbocycles. The van der Waals surface area contributed by atoms with E-state index in [2.05, 4.69) is 46.5 Å². The molecule has 0 fully saturated rings. The maximum atomic E-state index is 11.3. The van der Waals surface area contributed by atoms with Gasteiger partial charge in [0, 0.05) is 40.0 Å². The minimum Gasteiger partial charge on any atom is -0.346 e. The molecule has 0 bridgehead atoms. The zero-order valence-corrected chi connectivity index (χ0v) is 12.6. The number of anilines is 1. The van der Waals surface area contributed by atoms with Gasteiger partial charge in [-0.1, -0.05) is 26.0 Å². The quantitative estimate of drug-likeness (QED) is 0.663. The lowest BCUT2D eigenvalue weighted by atomic mass is 9.83. The second-order valence-electron chi connectivity index (χ2n) is 5.43. The van der Waals surface area contributed by atoms with E-state index in [1.165, 1.54) is 0 Å². The van der Waals surface area contributed by atoms with E-state index in [4.69, 9.17) is 0 Å². The summed E-state index contributed by atoms with van der Waals surface area (Å²) in [7, 11) is 0. The molecule has 1 aliphatic heterocycles. The van der Waals surface area contributed by atoms with E-state index in [-0.39, 0.29) is 16.1 Å². The first kappa shape index (κ1) is 14.1. The van der Waals surface area contributed by atoms with Gasteiger partial charge in [-0.05, 0) is 23.6 Å². The number of halogens is 1. The van der Waals surface area contributed by atoms with Crippen LogP contribution in [-0.4, -0.2) is 17.3 Å². The molecular formula is C14H17BrN2O2. The third-order valence-electron chi connectivity index (χ3n) is 3.45. The number of nitrogens with one attached hydrogen (secondary N) is 2. The summed E-state index contributed by atoms with van der Waals surface area (Å²) >= 11 is 2.87. The fraction of sp³-hybridized carbons (Fsp3) is 0.429. The normalized spacial score (nSPS) is 14.6. The number of hydrogen-bond acceptors (Lipinski definition) is 2. The number of fused-ring (bicyclic) bond motifs is 1. The van der Waals surface area contributed by atoms with E-state index in [0.29, 0.717) is 13.0 Å². The van der Waals surface area contributed by atoms with Crippen molar-refractivity contribution in [3.8, 4) is 0 Å². The first-order valence-electron chi connectivity index (χ1n) is 6.25. The van der Waals surface area contributed by atoms with Gasteiger partial charge in [0.15, 0.2) is 0 Å². The van der Waals surface area contributed by atoms with Gasteiger partial charge in [-0.2, -0.15) is 0 Å². The molecule has 0 atom stereocenters. The van der Waals surface area contributed by atoms with Crippen LogP contribution in [0.3, 0.4) is 0 Å². The highest BCUT2D eigenvalue weighted by Crippen LogP contribution is 2.29. The minimum absolute atomic E-state index is 0.0751. The third-order valence-corrected chi connectivity index (χ3v) is 3.73. The van der Waals surface area contributed by atoms with Gasteiger partial charge in [-0.3, -0.25) is 9.59 Å². The van der Waals surface area contributed by atoms with Crippen molar-refractivity contribution >= 4 is 32.3 Å². The molecule has 1 aliphatic rings. The lowest BCUT2D eigenvalue weighted by molar-refractivity contribution is -0.116. The molecule has 1 aromatic rings. The maximum absolute atomic E-state index is 11.3. The summed E-state index contributed by atoms with van der Waals surface area (Å²) < 4.78 is 0. The average Bonchev–Trinajstić information content (AvgIpc) is 2.36. The fourth-order valence-electron chi connectivity index (χ4n) is 2.20. The van der Waals surface area contributed by atoms with Crippen LogP contribution in [0.4, 0.5) is 10.5 Å².